The largest absolute Gasteiger partial charge is 0.324 e. The highest BCUT2D eigenvalue weighted by Gasteiger charge is 2.14. The fourth-order valence-electron chi connectivity index (χ4n) is 3.04. The van der Waals surface area contributed by atoms with Gasteiger partial charge < -0.3 is 10.6 Å². The average Bonchev–Trinajstić information content (AvgIpc) is 2.34. The molecule has 0 fully saturated rings. The fraction of sp³-hybridized carbons (Fsp3) is 0.647. The van der Waals surface area contributed by atoms with Crippen LogP contribution in [0.15, 0.2) is 18.2 Å². The molecule has 0 aromatic heterocycles. The summed E-state index contributed by atoms with van der Waals surface area (Å²) in [5, 5.41) is 0. The molecule has 1 aliphatic rings. The van der Waals surface area contributed by atoms with Crippen LogP contribution in [0.1, 0.15) is 43.4 Å². The van der Waals surface area contributed by atoms with Crippen LogP contribution in [0.25, 0.3) is 0 Å². The molecule has 2 nitrogen and oxygen atoms in total. The molecule has 0 radical (unpaired) electrons. The molecule has 2 rings (SSSR count). The van der Waals surface area contributed by atoms with Gasteiger partial charge in [0.25, 0.3) is 0 Å². The molecular weight excluding hydrogens is 232 g/mol. The molecule has 1 aromatic carbocycles. The first-order valence-electron chi connectivity index (χ1n) is 7.52. The molecule has 0 aliphatic heterocycles. The first-order valence-corrected chi connectivity index (χ1v) is 7.52. The zero-order valence-corrected chi connectivity index (χ0v) is 12.7. The van der Waals surface area contributed by atoms with Gasteiger partial charge in [0.15, 0.2) is 0 Å². The van der Waals surface area contributed by atoms with E-state index in [1.165, 1.54) is 31.2 Å². The first-order chi connectivity index (χ1) is 8.94. The predicted octanol–water partition coefficient (Wildman–Crippen LogP) is 2.78. The Kier molecular flexibility index (Phi) is 4.64. The number of nitrogens with zero attached hydrogens (tertiary/aromatic N) is 1. The van der Waals surface area contributed by atoms with Crippen molar-refractivity contribution in [1.82, 2.24) is 4.90 Å². The van der Waals surface area contributed by atoms with Crippen LogP contribution in [0.4, 0.5) is 0 Å². The molecule has 0 saturated carbocycles. The molecule has 2 heteroatoms. The zero-order chi connectivity index (χ0) is 13.9. The van der Waals surface area contributed by atoms with E-state index in [9.17, 15) is 0 Å². The van der Waals surface area contributed by atoms with Gasteiger partial charge in [0, 0.05) is 18.6 Å². The summed E-state index contributed by atoms with van der Waals surface area (Å²) in [6, 6.07) is 7.08. The number of benzene rings is 1. The lowest BCUT2D eigenvalue weighted by atomic mass is 9.90. The zero-order valence-electron chi connectivity index (χ0n) is 12.7. The van der Waals surface area contributed by atoms with Crippen molar-refractivity contribution < 1.29 is 0 Å². The van der Waals surface area contributed by atoms with E-state index in [1.807, 2.05) is 0 Å². The predicted molar refractivity (Wildman–Crippen MR) is 82.6 cm³/mol. The summed E-state index contributed by atoms with van der Waals surface area (Å²) >= 11 is 0. The van der Waals surface area contributed by atoms with E-state index in [0.717, 1.165) is 19.5 Å². The van der Waals surface area contributed by atoms with Gasteiger partial charge in [-0.05, 0) is 69.7 Å². The van der Waals surface area contributed by atoms with Crippen molar-refractivity contribution in [3.8, 4) is 0 Å². The highest BCUT2D eigenvalue weighted by atomic mass is 15.1. The van der Waals surface area contributed by atoms with Gasteiger partial charge >= 0.3 is 0 Å². The van der Waals surface area contributed by atoms with E-state index in [-0.39, 0.29) is 5.54 Å². The normalized spacial score (nSPS) is 15.6. The Hall–Kier alpha value is -0.860. The van der Waals surface area contributed by atoms with Crippen molar-refractivity contribution in [3.05, 3.63) is 34.9 Å². The van der Waals surface area contributed by atoms with E-state index in [2.05, 4.69) is 44.0 Å². The summed E-state index contributed by atoms with van der Waals surface area (Å²) < 4.78 is 0. The molecule has 0 unspecified atom stereocenters. The Bertz CT molecular complexity index is 418. The summed E-state index contributed by atoms with van der Waals surface area (Å²) in [6.07, 6.45) is 6.39. The molecule has 2 N–H and O–H groups in total. The van der Waals surface area contributed by atoms with Gasteiger partial charge in [0.2, 0.25) is 0 Å². The Morgan fingerprint density at radius 2 is 1.84 bits per heavy atom. The van der Waals surface area contributed by atoms with Crippen LogP contribution >= 0.6 is 0 Å². The second-order valence-corrected chi connectivity index (χ2v) is 6.79. The standard InChI is InChI=1S/C17H28N2/c1-17(2,18)13-19(3)11-10-14-8-9-15-6-4-5-7-16(15)12-14/h8-9,12H,4-7,10-11,13,18H2,1-3H3. The van der Waals surface area contributed by atoms with E-state index >= 15 is 0 Å². The second kappa shape index (κ2) is 6.06. The quantitative estimate of drug-likeness (QED) is 0.882. The van der Waals surface area contributed by atoms with Crippen LogP contribution in [0.2, 0.25) is 0 Å². The van der Waals surface area contributed by atoms with Crippen molar-refractivity contribution in [2.75, 3.05) is 20.1 Å². The minimum Gasteiger partial charge on any atom is -0.324 e. The molecule has 1 aliphatic carbocycles. The summed E-state index contributed by atoms with van der Waals surface area (Å²) in [7, 11) is 2.16. The number of nitrogens with two attached hydrogens (primary N) is 1. The number of hydrogen-bond acceptors (Lipinski definition) is 2. The maximum Gasteiger partial charge on any atom is 0.0225 e. The smallest absolute Gasteiger partial charge is 0.0225 e. The monoisotopic (exact) mass is 260 g/mol. The van der Waals surface area contributed by atoms with Crippen LogP contribution in [0.5, 0.6) is 0 Å². The summed E-state index contributed by atoms with van der Waals surface area (Å²) in [5.41, 5.74) is 10.6. The lowest BCUT2D eigenvalue weighted by Crippen LogP contribution is -2.44. The Balaban J connectivity index is 1.89. The second-order valence-electron chi connectivity index (χ2n) is 6.79. The van der Waals surface area contributed by atoms with Crippen LogP contribution in [0.3, 0.4) is 0 Å². The topological polar surface area (TPSA) is 29.3 Å². The molecule has 0 atom stereocenters. The maximum absolute atomic E-state index is 6.05. The average molecular weight is 260 g/mol. The number of fused-ring (bicyclic) bond motifs is 1. The van der Waals surface area contributed by atoms with Gasteiger partial charge in [-0.15, -0.1) is 0 Å². The minimum atomic E-state index is -0.107. The molecule has 0 saturated heterocycles. The van der Waals surface area contributed by atoms with E-state index in [4.69, 9.17) is 5.73 Å². The number of rotatable bonds is 5. The van der Waals surface area contributed by atoms with E-state index in [1.54, 1.807) is 11.1 Å². The molecule has 0 amide bonds. The third-order valence-electron chi connectivity index (χ3n) is 3.87. The molecule has 19 heavy (non-hydrogen) atoms. The highest BCUT2D eigenvalue weighted by Crippen LogP contribution is 2.22. The van der Waals surface area contributed by atoms with Crippen LogP contribution in [-0.4, -0.2) is 30.6 Å². The number of aryl methyl sites for hydroxylation is 2. The van der Waals surface area contributed by atoms with Gasteiger partial charge in [-0.3, -0.25) is 0 Å². The van der Waals surface area contributed by atoms with E-state index in [0.29, 0.717) is 0 Å². The summed E-state index contributed by atoms with van der Waals surface area (Å²) in [6.45, 7) is 6.20. The first kappa shape index (κ1) is 14.5. The van der Waals surface area contributed by atoms with Crippen molar-refractivity contribution in [1.29, 1.82) is 0 Å². The summed E-state index contributed by atoms with van der Waals surface area (Å²) in [4.78, 5) is 2.33. The SMILES string of the molecule is CN(CCc1ccc2c(c1)CCCC2)CC(C)(C)N. The summed E-state index contributed by atoms with van der Waals surface area (Å²) in [5.74, 6) is 0. The Labute approximate surface area is 118 Å². The van der Waals surface area contributed by atoms with E-state index < -0.39 is 0 Å². The van der Waals surface area contributed by atoms with Crippen LogP contribution in [-0.2, 0) is 19.3 Å². The maximum atomic E-state index is 6.05. The van der Waals surface area contributed by atoms with Crippen molar-refractivity contribution in [2.24, 2.45) is 5.73 Å². The van der Waals surface area contributed by atoms with Gasteiger partial charge in [-0.25, -0.2) is 0 Å². The van der Waals surface area contributed by atoms with Crippen molar-refractivity contribution in [3.63, 3.8) is 0 Å². The van der Waals surface area contributed by atoms with Crippen molar-refractivity contribution in [2.45, 2.75) is 51.5 Å². The van der Waals surface area contributed by atoms with Crippen molar-refractivity contribution >= 4 is 0 Å². The van der Waals surface area contributed by atoms with Gasteiger partial charge in [-0.2, -0.15) is 0 Å². The molecule has 0 heterocycles. The Morgan fingerprint density at radius 3 is 2.53 bits per heavy atom. The highest BCUT2D eigenvalue weighted by molar-refractivity contribution is 5.33. The minimum absolute atomic E-state index is 0.107. The molecule has 0 spiro atoms. The lowest BCUT2D eigenvalue weighted by Gasteiger charge is -2.26. The molecular formula is C17H28N2. The lowest BCUT2D eigenvalue weighted by molar-refractivity contribution is 0.273. The third kappa shape index (κ3) is 4.63. The van der Waals surface area contributed by atoms with Gasteiger partial charge in [-0.1, -0.05) is 18.2 Å². The molecule has 1 aromatic rings. The van der Waals surface area contributed by atoms with Gasteiger partial charge in [0.1, 0.15) is 0 Å². The molecule has 106 valence electrons. The third-order valence-corrected chi connectivity index (χ3v) is 3.87. The fourth-order valence-corrected chi connectivity index (χ4v) is 3.04. The number of likely N-dealkylation sites (N-methyl/N-ethyl adjacent to an activating group) is 1. The number of hydrogen-bond donors (Lipinski definition) is 1. The van der Waals surface area contributed by atoms with Crippen LogP contribution in [0, 0.1) is 0 Å². The van der Waals surface area contributed by atoms with Gasteiger partial charge in [0.05, 0.1) is 0 Å². The molecule has 0 bridgehead atoms. The van der Waals surface area contributed by atoms with Crippen LogP contribution < -0.4 is 5.73 Å². The Morgan fingerprint density at radius 1 is 1.16 bits per heavy atom.